The minimum absolute atomic E-state index is 0.174. The molecule has 1 aromatic carbocycles. The maximum absolute atomic E-state index is 12.2. The minimum atomic E-state index is -0.466. The van der Waals surface area contributed by atoms with Gasteiger partial charge in [-0.05, 0) is 19.1 Å². The minimum Gasteiger partial charge on any atom is -0.464 e. The molecule has 0 saturated carbocycles. The molecule has 0 N–H and O–H groups in total. The van der Waals surface area contributed by atoms with Gasteiger partial charge in [0, 0.05) is 39.3 Å². The number of carbonyl (C=O) groups is 1. The number of ether oxygens (including phenoxy) is 2. The zero-order valence-corrected chi connectivity index (χ0v) is 17.6. The summed E-state index contributed by atoms with van der Waals surface area (Å²) in [5.74, 6) is -0.0396. The maximum atomic E-state index is 12.2. The van der Waals surface area contributed by atoms with Crippen molar-refractivity contribution in [2.45, 2.75) is 13.0 Å². The van der Waals surface area contributed by atoms with Crippen molar-refractivity contribution in [3.05, 3.63) is 53.2 Å². The molecule has 1 aromatic heterocycles. The van der Waals surface area contributed by atoms with Crippen molar-refractivity contribution in [1.29, 1.82) is 0 Å². The van der Waals surface area contributed by atoms with E-state index in [1.807, 2.05) is 0 Å². The van der Waals surface area contributed by atoms with Crippen molar-refractivity contribution in [3.63, 3.8) is 0 Å². The lowest BCUT2D eigenvalue weighted by atomic mass is 10.2. The van der Waals surface area contributed by atoms with Gasteiger partial charge in [-0.25, -0.2) is 19.2 Å². The number of anilines is 1. The Balaban J connectivity index is 0.000000313. The van der Waals surface area contributed by atoms with Gasteiger partial charge in [0.2, 0.25) is 0 Å². The Kier molecular flexibility index (Phi) is 9.24. The smallest absolute Gasteiger partial charge is 0.358 e. The van der Waals surface area contributed by atoms with Crippen molar-refractivity contribution >= 4 is 23.4 Å². The van der Waals surface area contributed by atoms with Crippen LogP contribution in [0.2, 0.25) is 5.02 Å². The summed E-state index contributed by atoms with van der Waals surface area (Å²) in [6, 6.07) is 6.46. The number of benzene rings is 1. The van der Waals surface area contributed by atoms with E-state index < -0.39 is 5.97 Å². The molecule has 3 rings (SSSR count). The van der Waals surface area contributed by atoms with Gasteiger partial charge in [0.1, 0.15) is 11.6 Å². The fourth-order valence-electron chi connectivity index (χ4n) is 2.92. The van der Waals surface area contributed by atoms with E-state index in [0.717, 1.165) is 38.6 Å². The molecule has 9 heteroatoms. The summed E-state index contributed by atoms with van der Waals surface area (Å²) in [5.41, 5.74) is 0.229. The van der Waals surface area contributed by atoms with Gasteiger partial charge in [-0.15, -0.1) is 0 Å². The number of methoxy groups -OCH3 is 2. The predicted octanol–water partition coefficient (Wildman–Crippen LogP) is 2.90. The molecule has 0 amide bonds. The largest absolute Gasteiger partial charge is 0.464 e. The number of hydrogen-bond acceptors (Lipinski definition) is 7. The van der Waals surface area contributed by atoms with Crippen molar-refractivity contribution in [2.75, 3.05) is 51.9 Å². The first-order valence-electron chi connectivity index (χ1n) is 9.24. The molecular weight excluding hydrogens is 399 g/mol. The molecule has 0 bridgehead atoms. The zero-order chi connectivity index (χ0) is 21.2. The summed E-state index contributed by atoms with van der Waals surface area (Å²) in [6.45, 7) is 6.67. The van der Waals surface area contributed by atoms with Gasteiger partial charge in [0.15, 0.2) is 5.69 Å². The highest BCUT2D eigenvalue weighted by Gasteiger charge is 2.24. The van der Waals surface area contributed by atoms with E-state index in [1.54, 1.807) is 25.4 Å². The number of nitrogens with zero attached hydrogens (tertiary/aromatic N) is 4. The topological polar surface area (TPSA) is 67.8 Å². The van der Waals surface area contributed by atoms with Crippen molar-refractivity contribution in [2.24, 2.45) is 0 Å². The molecule has 0 radical (unpaired) electrons. The SMILES string of the molecule is COCCN1CCN(c2cnc(C(=O)OC)cn2)[C@H](C)C1.Fc1ccccc1Cl. The molecular formula is C20H26ClFN4O3. The Morgan fingerprint density at radius 2 is 2.00 bits per heavy atom. The molecule has 2 heterocycles. The van der Waals surface area contributed by atoms with Gasteiger partial charge in [-0.1, -0.05) is 23.7 Å². The lowest BCUT2D eigenvalue weighted by Crippen LogP contribution is -2.52. The van der Waals surface area contributed by atoms with Gasteiger partial charge in [0.05, 0.1) is 31.1 Å². The summed E-state index contributed by atoms with van der Waals surface area (Å²) in [5, 5.41) is 0.174. The molecule has 7 nitrogen and oxygen atoms in total. The molecule has 2 aromatic rings. The average molecular weight is 425 g/mol. The summed E-state index contributed by atoms with van der Waals surface area (Å²) in [6.07, 6.45) is 3.10. The first-order valence-corrected chi connectivity index (χ1v) is 9.62. The van der Waals surface area contributed by atoms with Gasteiger partial charge >= 0.3 is 5.97 Å². The van der Waals surface area contributed by atoms with Crippen LogP contribution in [0.3, 0.4) is 0 Å². The molecule has 0 spiro atoms. The Labute approximate surface area is 175 Å². The zero-order valence-electron chi connectivity index (χ0n) is 16.8. The molecule has 0 aliphatic carbocycles. The number of hydrogen-bond donors (Lipinski definition) is 0. The molecule has 1 aliphatic heterocycles. The average Bonchev–Trinajstić information content (AvgIpc) is 2.74. The number of esters is 1. The third-order valence-corrected chi connectivity index (χ3v) is 4.78. The van der Waals surface area contributed by atoms with Crippen LogP contribution in [0.15, 0.2) is 36.7 Å². The van der Waals surface area contributed by atoms with Crippen LogP contribution in [-0.2, 0) is 9.47 Å². The van der Waals surface area contributed by atoms with Gasteiger partial charge in [-0.3, -0.25) is 4.90 Å². The third-order valence-electron chi connectivity index (χ3n) is 4.47. The van der Waals surface area contributed by atoms with E-state index in [-0.39, 0.29) is 16.5 Å². The first kappa shape index (κ1) is 23.0. The third kappa shape index (κ3) is 6.92. The van der Waals surface area contributed by atoms with Crippen LogP contribution < -0.4 is 4.90 Å². The number of aromatic nitrogens is 2. The highest BCUT2D eigenvalue weighted by Crippen LogP contribution is 2.17. The normalized spacial score (nSPS) is 16.7. The van der Waals surface area contributed by atoms with Gasteiger partial charge in [0.25, 0.3) is 0 Å². The monoisotopic (exact) mass is 424 g/mol. The van der Waals surface area contributed by atoms with E-state index in [0.29, 0.717) is 6.04 Å². The first-order chi connectivity index (χ1) is 14.0. The highest BCUT2D eigenvalue weighted by molar-refractivity contribution is 6.30. The molecule has 29 heavy (non-hydrogen) atoms. The number of halogens is 2. The van der Waals surface area contributed by atoms with Crippen molar-refractivity contribution in [1.82, 2.24) is 14.9 Å². The lowest BCUT2D eigenvalue weighted by Gasteiger charge is -2.40. The number of rotatable bonds is 5. The second-order valence-corrected chi connectivity index (χ2v) is 6.91. The molecule has 1 aliphatic rings. The molecule has 1 atom stereocenters. The second-order valence-electron chi connectivity index (χ2n) is 6.50. The van der Waals surface area contributed by atoms with Crippen molar-refractivity contribution < 1.29 is 18.7 Å². The maximum Gasteiger partial charge on any atom is 0.358 e. The van der Waals surface area contributed by atoms with E-state index in [2.05, 4.69) is 31.4 Å². The quantitative estimate of drug-likeness (QED) is 0.683. The van der Waals surface area contributed by atoms with Crippen LogP contribution >= 0.6 is 11.6 Å². The van der Waals surface area contributed by atoms with E-state index in [4.69, 9.17) is 16.3 Å². The molecule has 1 fully saturated rings. The van der Waals surface area contributed by atoms with Crippen LogP contribution in [0.5, 0.6) is 0 Å². The van der Waals surface area contributed by atoms with Crippen LogP contribution in [0, 0.1) is 5.82 Å². The predicted molar refractivity (Wildman–Crippen MR) is 110 cm³/mol. The van der Waals surface area contributed by atoms with Gasteiger partial charge in [-0.2, -0.15) is 0 Å². The Morgan fingerprint density at radius 3 is 2.52 bits per heavy atom. The summed E-state index contributed by atoms with van der Waals surface area (Å²) < 4.78 is 21.9. The summed E-state index contributed by atoms with van der Waals surface area (Å²) >= 11 is 5.33. The standard InChI is InChI=1S/C14H22N4O3.C6H4ClF/c1-11-10-17(6-7-20-2)4-5-18(11)13-9-15-12(8-16-13)14(19)21-3;7-5-3-1-2-4-6(5)8/h8-9,11H,4-7,10H2,1-3H3;1-4H/t11-;/m1./s1. The molecule has 0 unspecified atom stereocenters. The van der Waals surface area contributed by atoms with Crippen LogP contribution in [0.25, 0.3) is 0 Å². The molecule has 158 valence electrons. The van der Waals surface area contributed by atoms with Crippen LogP contribution in [0.4, 0.5) is 10.2 Å². The van der Waals surface area contributed by atoms with E-state index in [9.17, 15) is 9.18 Å². The summed E-state index contributed by atoms with van der Waals surface area (Å²) in [4.78, 5) is 24.4. The number of piperazine rings is 1. The van der Waals surface area contributed by atoms with Crippen LogP contribution in [-0.4, -0.2) is 73.9 Å². The van der Waals surface area contributed by atoms with Crippen LogP contribution in [0.1, 0.15) is 17.4 Å². The highest BCUT2D eigenvalue weighted by atomic mass is 35.5. The Hall–Kier alpha value is -2.29. The Morgan fingerprint density at radius 1 is 1.24 bits per heavy atom. The van der Waals surface area contributed by atoms with Gasteiger partial charge < -0.3 is 14.4 Å². The van der Waals surface area contributed by atoms with E-state index >= 15 is 0 Å². The van der Waals surface area contributed by atoms with E-state index in [1.165, 1.54) is 25.4 Å². The number of carbonyl (C=O) groups excluding carboxylic acids is 1. The Bertz CT molecular complexity index is 758. The van der Waals surface area contributed by atoms with Crippen molar-refractivity contribution in [3.8, 4) is 0 Å². The summed E-state index contributed by atoms with van der Waals surface area (Å²) in [7, 11) is 3.05. The fourth-order valence-corrected chi connectivity index (χ4v) is 3.05. The fraction of sp³-hybridized carbons (Fsp3) is 0.450. The second kappa shape index (κ2) is 11.6. The lowest BCUT2D eigenvalue weighted by molar-refractivity contribution is 0.0593. The molecule has 1 saturated heterocycles.